The molecule has 1 fully saturated rings. The first-order valence-corrected chi connectivity index (χ1v) is 19.5. The van der Waals surface area contributed by atoms with Crippen molar-refractivity contribution in [1.29, 1.82) is 0 Å². The molecule has 44 heavy (non-hydrogen) atoms. The number of aliphatic hydroxyl groups is 3. The van der Waals surface area contributed by atoms with E-state index < -0.39 is 24.5 Å². The molecule has 1 rings (SSSR count). The van der Waals surface area contributed by atoms with E-state index in [0.717, 1.165) is 25.7 Å². The summed E-state index contributed by atoms with van der Waals surface area (Å²) in [5.74, 6) is 0.0769. The van der Waals surface area contributed by atoms with Gasteiger partial charge >= 0.3 is 0 Å². The van der Waals surface area contributed by atoms with Crippen molar-refractivity contribution in [3.8, 4) is 0 Å². The average molecular weight is 626 g/mol. The molecule has 1 heterocycles. The SMILES string of the molecule is CCCCCCCCCCCCCCCCCC(=O)N(CCCCCCCCCCCCCC)[C@H]1C[C@@H](O)[C@H](O)[C@@H](CO)O1. The molecule has 0 radical (unpaired) electrons. The van der Waals surface area contributed by atoms with Crippen LogP contribution in [0.4, 0.5) is 0 Å². The molecule has 4 atom stereocenters. The van der Waals surface area contributed by atoms with Crippen LogP contribution in [0.25, 0.3) is 0 Å². The Hall–Kier alpha value is -0.690. The number of carbonyl (C=O) groups excluding carboxylic acids is 1. The second kappa shape index (κ2) is 29.7. The smallest absolute Gasteiger partial charge is 0.224 e. The Morgan fingerprint density at radius 2 is 0.955 bits per heavy atom. The van der Waals surface area contributed by atoms with E-state index in [-0.39, 0.29) is 18.9 Å². The van der Waals surface area contributed by atoms with Gasteiger partial charge in [-0.05, 0) is 12.8 Å². The van der Waals surface area contributed by atoms with Crippen LogP contribution in [0, 0.1) is 0 Å². The van der Waals surface area contributed by atoms with E-state index in [1.54, 1.807) is 4.90 Å². The number of rotatable bonds is 31. The van der Waals surface area contributed by atoms with Gasteiger partial charge in [0.25, 0.3) is 0 Å². The second-order valence-corrected chi connectivity index (χ2v) is 13.8. The standard InChI is InChI=1S/C38H75NO5/c1-3-5-7-9-11-13-15-17-18-19-20-22-24-26-28-30-36(42)39(37-32-34(41)38(43)35(33-40)44-37)31-29-27-25-23-21-16-14-12-10-8-6-4-2/h34-35,37-38,40-41,43H,3-33H2,1-2H3/t34-,35-,37-,38+/m1/s1. The maximum Gasteiger partial charge on any atom is 0.224 e. The predicted octanol–water partition coefficient (Wildman–Crippen LogP) is 9.61. The minimum atomic E-state index is -1.12. The van der Waals surface area contributed by atoms with E-state index in [9.17, 15) is 20.1 Å². The maximum atomic E-state index is 13.3. The van der Waals surface area contributed by atoms with Gasteiger partial charge in [0.05, 0.1) is 12.7 Å². The lowest BCUT2D eigenvalue weighted by atomic mass is 10.00. The van der Waals surface area contributed by atoms with Gasteiger partial charge < -0.3 is 25.0 Å². The molecule has 0 spiro atoms. The van der Waals surface area contributed by atoms with Crippen LogP contribution in [0.1, 0.15) is 200 Å². The molecule has 0 aromatic rings. The normalized spacial score (nSPS) is 20.3. The molecule has 0 saturated carbocycles. The van der Waals surface area contributed by atoms with Crippen molar-refractivity contribution in [2.24, 2.45) is 0 Å². The fourth-order valence-corrected chi connectivity index (χ4v) is 6.63. The Morgan fingerprint density at radius 1 is 0.591 bits per heavy atom. The molecule has 0 bridgehead atoms. The van der Waals surface area contributed by atoms with Crippen LogP contribution in [0.3, 0.4) is 0 Å². The Labute approximate surface area is 273 Å². The zero-order chi connectivity index (χ0) is 32.1. The van der Waals surface area contributed by atoms with E-state index in [1.165, 1.54) is 148 Å². The lowest BCUT2D eigenvalue weighted by Crippen LogP contribution is -2.56. The van der Waals surface area contributed by atoms with Crippen molar-refractivity contribution in [1.82, 2.24) is 4.90 Å². The van der Waals surface area contributed by atoms with Crippen LogP contribution in [0.15, 0.2) is 0 Å². The molecule has 6 nitrogen and oxygen atoms in total. The average Bonchev–Trinajstić information content (AvgIpc) is 3.02. The molecule has 262 valence electrons. The van der Waals surface area contributed by atoms with Crippen molar-refractivity contribution in [3.63, 3.8) is 0 Å². The monoisotopic (exact) mass is 626 g/mol. The summed E-state index contributed by atoms with van der Waals surface area (Å²) in [7, 11) is 0. The highest BCUT2D eigenvalue weighted by molar-refractivity contribution is 5.76. The third-order valence-electron chi connectivity index (χ3n) is 9.64. The lowest BCUT2D eigenvalue weighted by Gasteiger charge is -2.41. The fourth-order valence-electron chi connectivity index (χ4n) is 6.63. The van der Waals surface area contributed by atoms with E-state index in [1.807, 2.05) is 0 Å². The van der Waals surface area contributed by atoms with E-state index >= 15 is 0 Å². The largest absolute Gasteiger partial charge is 0.394 e. The maximum absolute atomic E-state index is 13.3. The number of amides is 1. The van der Waals surface area contributed by atoms with Gasteiger partial charge in [0.2, 0.25) is 5.91 Å². The third kappa shape index (κ3) is 21.2. The van der Waals surface area contributed by atoms with Gasteiger partial charge in [-0.15, -0.1) is 0 Å². The first-order chi connectivity index (χ1) is 21.5. The van der Waals surface area contributed by atoms with Crippen LogP contribution in [-0.4, -0.2) is 63.8 Å². The van der Waals surface area contributed by atoms with Crippen LogP contribution in [0.2, 0.25) is 0 Å². The van der Waals surface area contributed by atoms with Gasteiger partial charge in [0.15, 0.2) is 0 Å². The van der Waals surface area contributed by atoms with Crippen molar-refractivity contribution in [2.45, 2.75) is 225 Å². The molecular weight excluding hydrogens is 550 g/mol. The molecular formula is C38H75NO5. The number of hydrogen-bond donors (Lipinski definition) is 3. The molecule has 1 amide bonds. The Morgan fingerprint density at radius 3 is 1.34 bits per heavy atom. The molecule has 0 aromatic carbocycles. The Bertz CT molecular complexity index is 632. The second-order valence-electron chi connectivity index (χ2n) is 13.8. The topological polar surface area (TPSA) is 90.2 Å². The van der Waals surface area contributed by atoms with Gasteiger partial charge in [-0.3, -0.25) is 4.79 Å². The van der Waals surface area contributed by atoms with Crippen molar-refractivity contribution in [3.05, 3.63) is 0 Å². The minimum Gasteiger partial charge on any atom is -0.394 e. The number of unbranched alkanes of at least 4 members (excludes halogenated alkanes) is 25. The molecule has 0 unspecified atom stereocenters. The predicted molar refractivity (Wildman–Crippen MR) is 185 cm³/mol. The number of ether oxygens (including phenoxy) is 1. The third-order valence-corrected chi connectivity index (χ3v) is 9.64. The molecule has 0 aromatic heterocycles. The first-order valence-electron chi connectivity index (χ1n) is 19.5. The number of nitrogens with zero attached hydrogens (tertiary/aromatic N) is 1. The summed E-state index contributed by atoms with van der Waals surface area (Å²) < 4.78 is 5.93. The van der Waals surface area contributed by atoms with Crippen molar-refractivity contribution in [2.75, 3.05) is 13.2 Å². The van der Waals surface area contributed by atoms with Crippen LogP contribution in [0.5, 0.6) is 0 Å². The summed E-state index contributed by atoms with van der Waals surface area (Å²) >= 11 is 0. The quantitative estimate of drug-likeness (QED) is 0.0668. The molecule has 6 heteroatoms. The summed E-state index contributed by atoms with van der Waals surface area (Å²) in [6, 6.07) is 0. The highest BCUT2D eigenvalue weighted by atomic mass is 16.5. The van der Waals surface area contributed by atoms with E-state index in [4.69, 9.17) is 4.74 Å². The highest BCUT2D eigenvalue weighted by Gasteiger charge is 2.39. The molecule has 1 saturated heterocycles. The van der Waals surface area contributed by atoms with E-state index in [0.29, 0.717) is 13.0 Å². The van der Waals surface area contributed by atoms with Crippen LogP contribution < -0.4 is 0 Å². The number of aliphatic hydroxyl groups excluding tert-OH is 3. The van der Waals surface area contributed by atoms with Crippen LogP contribution >= 0.6 is 0 Å². The fraction of sp³-hybridized carbons (Fsp3) is 0.974. The van der Waals surface area contributed by atoms with Crippen molar-refractivity contribution < 1.29 is 24.9 Å². The number of carbonyl (C=O) groups is 1. The van der Waals surface area contributed by atoms with Gasteiger partial charge in [-0.1, -0.05) is 174 Å². The molecule has 0 aliphatic carbocycles. The summed E-state index contributed by atoms with van der Waals surface area (Å²) in [5.41, 5.74) is 0. The summed E-state index contributed by atoms with van der Waals surface area (Å²) in [4.78, 5) is 15.1. The molecule has 3 N–H and O–H groups in total. The van der Waals surface area contributed by atoms with Gasteiger partial charge in [0.1, 0.15) is 18.4 Å². The zero-order valence-corrected chi connectivity index (χ0v) is 29.3. The Kier molecular flexibility index (Phi) is 27.9. The minimum absolute atomic E-state index is 0.0769. The molecule has 1 aliphatic heterocycles. The van der Waals surface area contributed by atoms with E-state index in [2.05, 4.69) is 13.8 Å². The van der Waals surface area contributed by atoms with Gasteiger partial charge in [-0.25, -0.2) is 0 Å². The molecule has 1 aliphatic rings. The Balaban J connectivity index is 2.25. The van der Waals surface area contributed by atoms with Gasteiger partial charge in [-0.2, -0.15) is 0 Å². The first kappa shape index (κ1) is 41.3. The summed E-state index contributed by atoms with van der Waals surface area (Å²) in [6.07, 6.45) is 31.9. The summed E-state index contributed by atoms with van der Waals surface area (Å²) in [5, 5.41) is 30.2. The highest BCUT2D eigenvalue weighted by Crippen LogP contribution is 2.25. The van der Waals surface area contributed by atoms with Gasteiger partial charge in [0, 0.05) is 19.4 Å². The van der Waals surface area contributed by atoms with Crippen LogP contribution in [-0.2, 0) is 9.53 Å². The van der Waals surface area contributed by atoms with Crippen molar-refractivity contribution >= 4 is 5.91 Å². The number of hydrogen-bond acceptors (Lipinski definition) is 5. The zero-order valence-electron chi connectivity index (χ0n) is 29.3. The lowest BCUT2D eigenvalue weighted by molar-refractivity contribution is -0.218. The summed E-state index contributed by atoms with van der Waals surface area (Å²) in [6.45, 7) is 4.78.